The molecule has 0 aliphatic carbocycles. The molecule has 0 spiro atoms. The van der Waals surface area contributed by atoms with Gasteiger partial charge in [-0.15, -0.1) is 4.91 Å². The van der Waals surface area contributed by atoms with Gasteiger partial charge >= 0.3 is 18.3 Å². The van der Waals surface area contributed by atoms with Crippen LogP contribution in [0.2, 0.25) is 0 Å². The van der Waals surface area contributed by atoms with Crippen LogP contribution in [0.4, 0.5) is 35.1 Å². The highest BCUT2D eigenvalue weighted by Gasteiger charge is 2.58. The quantitative estimate of drug-likeness (QED) is 0.177. The Morgan fingerprint density at radius 2 is 1.73 bits per heavy atom. The van der Waals surface area contributed by atoms with Crippen molar-refractivity contribution < 1.29 is 44.1 Å². The maximum Gasteiger partial charge on any atom is 0.456 e. The number of nitrogens with zero attached hydrogens (tertiary/aromatic N) is 2. The number of hydrogen-bond donors (Lipinski definition) is 0. The molecule has 1 rings (SSSR count). The van der Waals surface area contributed by atoms with E-state index in [0.717, 1.165) is 24.6 Å². The smallest absolute Gasteiger partial charge is 0.456 e. The van der Waals surface area contributed by atoms with Crippen molar-refractivity contribution in [3.63, 3.8) is 0 Å². The molecular weight excluding hydrogens is 488 g/mol. The Labute approximate surface area is 183 Å². The third kappa shape index (κ3) is 6.45. The van der Waals surface area contributed by atoms with Crippen LogP contribution in [-0.4, -0.2) is 40.8 Å². The maximum atomic E-state index is 13.3. The number of alkyl halides is 8. The molecule has 186 valence electrons. The van der Waals surface area contributed by atoms with Crippen LogP contribution in [0, 0.1) is 4.91 Å². The van der Waals surface area contributed by atoms with E-state index in [1.54, 1.807) is 0 Å². The second-order valence-electron chi connectivity index (χ2n) is 7.02. The van der Waals surface area contributed by atoms with Crippen molar-refractivity contribution in [1.29, 1.82) is 0 Å². The normalized spacial score (nSPS) is 15.5. The van der Waals surface area contributed by atoms with Gasteiger partial charge in [-0.25, -0.2) is 4.99 Å². The minimum absolute atomic E-state index is 0.104. The van der Waals surface area contributed by atoms with Gasteiger partial charge in [0.05, 0.1) is 5.56 Å². The van der Waals surface area contributed by atoms with E-state index in [4.69, 9.17) is 0 Å². The molecule has 5 nitrogen and oxygen atoms in total. The van der Waals surface area contributed by atoms with Crippen molar-refractivity contribution >= 4 is 20.7 Å². The molecule has 0 aliphatic heterocycles. The fraction of sp³-hybridized carbons (Fsp3) is 0.421. The van der Waals surface area contributed by atoms with Gasteiger partial charge in [0.1, 0.15) is 0 Å². The summed E-state index contributed by atoms with van der Waals surface area (Å²) in [4.78, 5) is 14.3. The van der Waals surface area contributed by atoms with Crippen LogP contribution >= 0.6 is 0 Å². The molecule has 0 aliphatic rings. The number of nitroso groups, excluding NO2 is 1. The summed E-state index contributed by atoms with van der Waals surface area (Å²) in [6, 6.07) is 1.97. The predicted molar refractivity (Wildman–Crippen MR) is 108 cm³/mol. The van der Waals surface area contributed by atoms with E-state index in [0.29, 0.717) is 12.1 Å². The molecule has 33 heavy (non-hydrogen) atoms. The fourth-order valence-corrected chi connectivity index (χ4v) is 4.14. The first-order valence-corrected chi connectivity index (χ1v) is 11.5. The molecule has 14 heteroatoms. The highest BCUT2D eigenvalue weighted by atomic mass is 32.3. The zero-order valence-corrected chi connectivity index (χ0v) is 18.4. The molecule has 0 N–H and O–H groups in total. The van der Waals surface area contributed by atoms with E-state index >= 15 is 0 Å². The van der Waals surface area contributed by atoms with E-state index in [-0.39, 0.29) is 11.1 Å². The Kier molecular flexibility index (Phi) is 8.01. The second-order valence-corrected chi connectivity index (χ2v) is 11.2. The second kappa shape index (κ2) is 9.31. The first kappa shape index (κ1) is 28.4. The number of rotatable bonds is 8. The lowest BCUT2D eigenvalue weighted by molar-refractivity contribution is -0.290. The van der Waals surface area contributed by atoms with Gasteiger partial charge in [0, 0.05) is 43.0 Å². The lowest BCUT2D eigenvalue weighted by Gasteiger charge is -2.32. The summed E-state index contributed by atoms with van der Waals surface area (Å²) in [6.45, 7) is 3.52. The first-order valence-electron chi connectivity index (χ1n) is 8.95. The molecule has 0 saturated carbocycles. The zero-order valence-electron chi connectivity index (χ0n) is 17.6. The lowest BCUT2D eigenvalue weighted by atomic mass is 10.0. The molecule has 0 heterocycles. The summed E-state index contributed by atoms with van der Waals surface area (Å²) < 4.78 is 123. The molecule has 0 saturated heterocycles. The van der Waals surface area contributed by atoms with Crippen LogP contribution < -0.4 is 0 Å². The number of halogens is 8. The molecule has 0 fully saturated rings. The van der Waals surface area contributed by atoms with Gasteiger partial charge in [0.25, 0.3) is 0 Å². The van der Waals surface area contributed by atoms with Crippen molar-refractivity contribution in [2.45, 2.75) is 37.0 Å². The predicted octanol–water partition coefficient (Wildman–Crippen LogP) is 6.38. The summed E-state index contributed by atoms with van der Waals surface area (Å²) in [5.74, 6) is -6.46. The highest BCUT2D eigenvalue weighted by molar-refractivity contribution is 8.18. The fourth-order valence-electron chi connectivity index (χ4n) is 2.42. The highest BCUT2D eigenvalue weighted by Crippen LogP contribution is 2.42. The van der Waals surface area contributed by atoms with E-state index in [9.17, 15) is 44.2 Å². The van der Waals surface area contributed by atoms with Crippen LogP contribution in [0.25, 0.3) is 5.57 Å². The average molecular weight is 508 g/mol. The summed E-state index contributed by atoms with van der Waals surface area (Å²) >= 11 is 0. The molecule has 0 atom stereocenters. The summed E-state index contributed by atoms with van der Waals surface area (Å²) in [6.07, 6.45) is -8.28. The van der Waals surface area contributed by atoms with Crippen LogP contribution in [0.1, 0.15) is 25.0 Å². The average Bonchev–Trinajstić information content (AvgIpc) is 2.70. The Morgan fingerprint density at radius 1 is 1.15 bits per heavy atom. The molecular formula is C19H20F8N2O3S. The van der Waals surface area contributed by atoms with E-state index in [2.05, 4.69) is 20.9 Å². The van der Waals surface area contributed by atoms with E-state index < -0.39 is 56.2 Å². The van der Waals surface area contributed by atoms with Crippen molar-refractivity contribution in [2.75, 3.05) is 18.6 Å². The first-order chi connectivity index (χ1) is 14.8. The van der Waals surface area contributed by atoms with Crippen molar-refractivity contribution in [1.82, 2.24) is 0 Å². The van der Waals surface area contributed by atoms with Crippen molar-refractivity contribution in [3.05, 3.63) is 53.1 Å². The largest absolute Gasteiger partial charge is 0.471 e. The zero-order chi connectivity index (χ0) is 25.9. The maximum absolute atomic E-state index is 13.3. The van der Waals surface area contributed by atoms with Crippen LogP contribution in [-0.2, 0) is 20.2 Å². The standard InChI is InChI=1S/C19H20F8N2O3S/c1-5-28-16(32-11-17(20,21)19(25,26)27)9-12(3)14-8-7-13(18(22,23)24)10-15(14)33(4,31,6-2)29-30/h5,7-10H,1,6,11H2,2-4H3/b12-9+,28-16?. The van der Waals surface area contributed by atoms with Gasteiger partial charge in [-0.3, -0.25) is 4.21 Å². The molecule has 1 aromatic rings. The molecule has 1 aromatic carbocycles. The SMILES string of the molecule is C=CN=C(/C=C(\C)c1ccc(C(F)(F)F)cc1S(C)(=O)(CC)N=O)OCC(F)(F)C(F)(F)F. The van der Waals surface area contributed by atoms with Crippen molar-refractivity contribution in [2.24, 2.45) is 9.57 Å². The minimum atomic E-state index is -5.90. The third-order valence-electron chi connectivity index (χ3n) is 4.55. The van der Waals surface area contributed by atoms with Gasteiger partial charge in [0.2, 0.25) is 5.90 Å². The monoisotopic (exact) mass is 508 g/mol. The van der Waals surface area contributed by atoms with Gasteiger partial charge in [-0.05, 0) is 30.2 Å². The van der Waals surface area contributed by atoms with E-state index in [1.807, 2.05) is 0 Å². The Morgan fingerprint density at radius 3 is 2.15 bits per heavy atom. The number of allylic oxidation sites excluding steroid dienone is 1. The molecule has 0 radical (unpaired) electrons. The Hall–Kier alpha value is -2.64. The topological polar surface area (TPSA) is 68.1 Å². The molecule has 0 aromatic heterocycles. The van der Waals surface area contributed by atoms with Gasteiger partial charge < -0.3 is 4.74 Å². The Bertz CT molecular complexity index is 1040. The third-order valence-corrected chi connectivity index (χ3v) is 7.76. The minimum Gasteiger partial charge on any atom is -0.471 e. The number of aliphatic imine (C=N–C) groups is 1. The van der Waals surface area contributed by atoms with E-state index in [1.165, 1.54) is 13.8 Å². The number of benzene rings is 1. The Balaban J connectivity index is 3.63. The van der Waals surface area contributed by atoms with Gasteiger partial charge in [0.15, 0.2) is 6.61 Å². The van der Waals surface area contributed by atoms with Gasteiger partial charge in [-0.2, -0.15) is 35.1 Å². The van der Waals surface area contributed by atoms with Crippen LogP contribution in [0.15, 0.2) is 51.5 Å². The lowest BCUT2D eigenvalue weighted by Crippen LogP contribution is -2.41. The number of ether oxygens (including phenoxy) is 1. The van der Waals surface area contributed by atoms with Crippen LogP contribution in [0.5, 0.6) is 0 Å². The number of hydrogen-bond acceptors (Lipinski definition) is 4. The summed E-state index contributed by atoms with van der Waals surface area (Å²) in [5, 5.41) is 0. The van der Waals surface area contributed by atoms with Crippen molar-refractivity contribution in [3.8, 4) is 0 Å². The summed E-state index contributed by atoms with van der Waals surface area (Å²) in [7, 11) is -4.72. The summed E-state index contributed by atoms with van der Waals surface area (Å²) in [5.41, 5.74) is -1.53. The molecule has 0 amide bonds. The molecule has 0 bridgehead atoms. The molecule has 0 unspecified atom stereocenters. The van der Waals surface area contributed by atoms with Gasteiger partial charge in [-0.1, -0.05) is 19.6 Å². The van der Waals surface area contributed by atoms with Crippen LogP contribution in [0.3, 0.4) is 0 Å².